The van der Waals surface area contributed by atoms with Gasteiger partial charge in [-0.25, -0.2) is 8.42 Å². The summed E-state index contributed by atoms with van der Waals surface area (Å²) >= 11 is 9.38. The van der Waals surface area contributed by atoms with Crippen LogP contribution >= 0.6 is 27.5 Å². The molecule has 0 aliphatic carbocycles. The topological polar surface area (TPSA) is 46.2 Å². The van der Waals surface area contributed by atoms with E-state index < -0.39 is 10.0 Å². The summed E-state index contributed by atoms with van der Waals surface area (Å²) in [6.45, 7) is 3.61. The Labute approximate surface area is 132 Å². The van der Waals surface area contributed by atoms with Crippen LogP contribution in [0.15, 0.2) is 45.8 Å². The number of sulfonamides is 1. The van der Waals surface area contributed by atoms with Crippen LogP contribution in [0.4, 0.5) is 5.69 Å². The number of aryl methyl sites for hydroxylation is 2. The lowest BCUT2D eigenvalue weighted by Crippen LogP contribution is -2.14. The van der Waals surface area contributed by atoms with E-state index in [1.165, 1.54) is 0 Å². The lowest BCUT2D eigenvalue weighted by molar-refractivity contribution is 0.600. The normalized spacial score (nSPS) is 11.4. The molecule has 2 aromatic carbocycles. The molecule has 0 radical (unpaired) electrons. The van der Waals surface area contributed by atoms with E-state index >= 15 is 0 Å². The molecule has 1 N–H and O–H groups in total. The summed E-state index contributed by atoms with van der Waals surface area (Å²) in [6.07, 6.45) is 0. The highest BCUT2D eigenvalue weighted by Gasteiger charge is 2.18. The Morgan fingerprint density at radius 1 is 1.10 bits per heavy atom. The van der Waals surface area contributed by atoms with Gasteiger partial charge in [0.25, 0.3) is 10.0 Å². The van der Waals surface area contributed by atoms with Gasteiger partial charge in [-0.1, -0.05) is 29.8 Å². The van der Waals surface area contributed by atoms with Gasteiger partial charge in [0.05, 0.1) is 10.6 Å². The summed E-state index contributed by atoms with van der Waals surface area (Å²) in [4.78, 5) is 0.253. The van der Waals surface area contributed by atoms with Crippen LogP contribution in [-0.4, -0.2) is 8.42 Å². The second kappa shape index (κ2) is 5.76. The number of rotatable bonds is 3. The smallest absolute Gasteiger partial charge is 0.262 e. The van der Waals surface area contributed by atoms with Crippen molar-refractivity contribution in [2.75, 3.05) is 4.72 Å². The summed E-state index contributed by atoms with van der Waals surface area (Å²) < 4.78 is 28.0. The molecule has 0 aliphatic rings. The monoisotopic (exact) mass is 373 g/mol. The molecule has 0 amide bonds. The minimum absolute atomic E-state index is 0.253. The van der Waals surface area contributed by atoms with E-state index in [1.807, 2.05) is 6.92 Å². The van der Waals surface area contributed by atoms with Crippen LogP contribution in [-0.2, 0) is 10.0 Å². The highest BCUT2D eigenvalue weighted by Crippen LogP contribution is 2.31. The van der Waals surface area contributed by atoms with Crippen LogP contribution in [0.25, 0.3) is 0 Å². The Hall–Kier alpha value is -1.04. The fraction of sp³-hybridized carbons (Fsp3) is 0.143. The number of hydrogen-bond donors (Lipinski definition) is 1. The second-order valence-corrected chi connectivity index (χ2v) is 7.36. The number of hydrogen-bond acceptors (Lipinski definition) is 2. The molecule has 2 rings (SSSR count). The summed E-state index contributed by atoms with van der Waals surface area (Å²) in [5, 5.41) is 0.510. The first kappa shape index (κ1) is 15.4. The largest absolute Gasteiger partial charge is 0.278 e. The minimum Gasteiger partial charge on any atom is -0.278 e. The Bertz CT molecular complexity index is 760. The maximum Gasteiger partial charge on any atom is 0.262 e. The summed E-state index contributed by atoms with van der Waals surface area (Å²) in [5.74, 6) is 0. The van der Waals surface area contributed by atoms with Gasteiger partial charge >= 0.3 is 0 Å². The first-order chi connectivity index (χ1) is 9.31. The molecule has 106 valence electrons. The Balaban J connectivity index is 2.44. The van der Waals surface area contributed by atoms with Crippen molar-refractivity contribution >= 4 is 43.2 Å². The van der Waals surface area contributed by atoms with Crippen molar-refractivity contribution in [3.63, 3.8) is 0 Å². The Morgan fingerprint density at radius 2 is 1.75 bits per heavy atom. The van der Waals surface area contributed by atoms with E-state index in [1.54, 1.807) is 43.3 Å². The molecule has 3 nitrogen and oxygen atoms in total. The van der Waals surface area contributed by atoms with Crippen LogP contribution in [0.1, 0.15) is 11.1 Å². The zero-order valence-corrected chi connectivity index (χ0v) is 14.1. The first-order valence-corrected chi connectivity index (χ1v) is 8.51. The van der Waals surface area contributed by atoms with E-state index in [0.29, 0.717) is 20.7 Å². The molecular formula is C14H13BrClNO2S. The van der Waals surface area contributed by atoms with Crippen LogP contribution in [0.5, 0.6) is 0 Å². The maximum absolute atomic E-state index is 12.4. The van der Waals surface area contributed by atoms with E-state index in [4.69, 9.17) is 11.6 Å². The fourth-order valence-corrected chi connectivity index (χ4v) is 3.95. The van der Waals surface area contributed by atoms with Gasteiger partial charge in [0.15, 0.2) is 0 Å². The quantitative estimate of drug-likeness (QED) is 0.858. The summed E-state index contributed by atoms with van der Waals surface area (Å²) in [7, 11) is -3.63. The Morgan fingerprint density at radius 3 is 2.40 bits per heavy atom. The lowest BCUT2D eigenvalue weighted by atomic mass is 10.2. The average Bonchev–Trinajstić information content (AvgIpc) is 2.36. The van der Waals surface area contributed by atoms with Gasteiger partial charge in [-0.3, -0.25) is 4.72 Å². The van der Waals surface area contributed by atoms with Crippen molar-refractivity contribution in [3.8, 4) is 0 Å². The zero-order valence-electron chi connectivity index (χ0n) is 10.9. The molecule has 0 fully saturated rings. The van der Waals surface area contributed by atoms with Gasteiger partial charge in [0.1, 0.15) is 0 Å². The standard InChI is InChI=1S/C14H13BrClNO2S/c1-9-5-3-4-6-14(9)20(18,19)17-13-8-12(16)10(2)7-11(13)15/h3-8,17H,1-2H3. The zero-order chi connectivity index (χ0) is 14.9. The summed E-state index contributed by atoms with van der Waals surface area (Å²) in [6, 6.07) is 10.2. The van der Waals surface area contributed by atoms with Crippen LogP contribution in [0, 0.1) is 13.8 Å². The fourth-order valence-electron chi connectivity index (χ4n) is 1.78. The van der Waals surface area contributed by atoms with Crippen LogP contribution in [0.3, 0.4) is 0 Å². The maximum atomic E-state index is 12.4. The molecule has 0 unspecified atom stereocenters. The molecule has 0 aliphatic heterocycles. The summed E-state index contributed by atoms with van der Waals surface area (Å²) in [5.41, 5.74) is 1.98. The molecule has 0 atom stereocenters. The third-order valence-corrected chi connectivity index (χ3v) is 5.46. The van der Waals surface area contributed by atoms with Gasteiger partial charge in [-0.2, -0.15) is 0 Å². The molecular weight excluding hydrogens is 362 g/mol. The van der Waals surface area contributed by atoms with Crippen molar-refractivity contribution in [2.24, 2.45) is 0 Å². The number of nitrogens with one attached hydrogen (secondary N) is 1. The SMILES string of the molecule is Cc1cc(Br)c(NS(=O)(=O)c2ccccc2C)cc1Cl. The second-order valence-electron chi connectivity index (χ2n) is 4.45. The first-order valence-electron chi connectivity index (χ1n) is 5.85. The van der Waals surface area contributed by atoms with Gasteiger partial charge in [-0.05, 0) is 59.1 Å². The van der Waals surface area contributed by atoms with Crippen molar-refractivity contribution < 1.29 is 8.42 Å². The van der Waals surface area contributed by atoms with E-state index in [2.05, 4.69) is 20.7 Å². The van der Waals surface area contributed by atoms with Crippen molar-refractivity contribution in [3.05, 3.63) is 57.0 Å². The number of anilines is 1. The number of benzene rings is 2. The number of halogens is 2. The molecule has 2 aromatic rings. The van der Waals surface area contributed by atoms with Crippen molar-refractivity contribution in [2.45, 2.75) is 18.7 Å². The average molecular weight is 375 g/mol. The highest BCUT2D eigenvalue weighted by molar-refractivity contribution is 9.10. The van der Waals surface area contributed by atoms with Gasteiger partial charge in [-0.15, -0.1) is 0 Å². The molecule has 0 aromatic heterocycles. The molecule has 6 heteroatoms. The van der Waals surface area contributed by atoms with Gasteiger partial charge < -0.3 is 0 Å². The van der Waals surface area contributed by atoms with Crippen molar-refractivity contribution in [1.29, 1.82) is 0 Å². The molecule has 0 saturated heterocycles. The highest BCUT2D eigenvalue weighted by atomic mass is 79.9. The van der Waals surface area contributed by atoms with Crippen LogP contribution < -0.4 is 4.72 Å². The predicted octanol–water partition coefficient (Wildman–Crippen LogP) is 4.52. The molecule has 0 saturated carbocycles. The van der Waals surface area contributed by atoms with Crippen LogP contribution in [0.2, 0.25) is 5.02 Å². The van der Waals surface area contributed by atoms with Crippen molar-refractivity contribution in [1.82, 2.24) is 0 Å². The lowest BCUT2D eigenvalue weighted by Gasteiger charge is -2.12. The van der Waals surface area contributed by atoms with E-state index in [-0.39, 0.29) is 4.90 Å². The van der Waals surface area contributed by atoms with E-state index in [0.717, 1.165) is 5.56 Å². The molecule has 0 heterocycles. The third kappa shape index (κ3) is 3.16. The third-order valence-electron chi connectivity index (χ3n) is 2.88. The van der Waals surface area contributed by atoms with Gasteiger partial charge in [0.2, 0.25) is 0 Å². The molecule has 0 bridgehead atoms. The minimum atomic E-state index is -3.63. The van der Waals surface area contributed by atoms with Gasteiger partial charge in [0, 0.05) is 9.50 Å². The Kier molecular flexibility index (Phi) is 4.42. The molecule has 0 spiro atoms. The predicted molar refractivity (Wildman–Crippen MR) is 85.9 cm³/mol. The van der Waals surface area contributed by atoms with E-state index in [9.17, 15) is 8.42 Å². The molecule has 20 heavy (non-hydrogen) atoms.